The molecule has 1 aliphatic heterocycles. The molecule has 1 saturated heterocycles. The van der Waals surface area contributed by atoms with E-state index in [1.54, 1.807) is 4.90 Å². The molecule has 0 radical (unpaired) electrons. The molecule has 1 fully saturated rings. The Bertz CT molecular complexity index is 521. The van der Waals surface area contributed by atoms with E-state index in [2.05, 4.69) is 9.97 Å². The number of methoxy groups -OCH3 is 1. The number of ether oxygens (including phenoxy) is 2. The Hall–Kier alpha value is -2.18. The van der Waals surface area contributed by atoms with Gasteiger partial charge in [-0.25, -0.2) is 0 Å². The maximum Gasteiger partial charge on any atom is 0.235 e. The lowest BCUT2D eigenvalue weighted by Gasteiger charge is -2.16. The standard InChI is InChI=1S/C14H19N3O4/c1-10(18)3-4-14(19)17-6-5-11(9-17)21-13-8-15-7-12(16-13)20-2/h7-8,11H,3-6,9H2,1-2H3. The second kappa shape index (κ2) is 7.01. The smallest absolute Gasteiger partial charge is 0.235 e. The summed E-state index contributed by atoms with van der Waals surface area (Å²) in [6.45, 7) is 2.64. The van der Waals surface area contributed by atoms with Crippen molar-refractivity contribution < 1.29 is 19.1 Å². The summed E-state index contributed by atoms with van der Waals surface area (Å²) in [5.41, 5.74) is 0. The van der Waals surface area contributed by atoms with Gasteiger partial charge in [-0.2, -0.15) is 4.98 Å². The number of rotatable bonds is 6. The van der Waals surface area contributed by atoms with Gasteiger partial charge in [0.25, 0.3) is 0 Å². The lowest BCUT2D eigenvalue weighted by atomic mass is 10.2. The summed E-state index contributed by atoms with van der Waals surface area (Å²) < 4.78 is 10.7. The predicted molar refractivity (Wildman–Crippen MR) is 74.1 cm³/mol. The monoisotopic (exact) mass is 293 g/mol. The molecule has 2 heterocycles. The van der Waals surface area contributed by atoms with E-state index in [1.807, 2.05) is 0 Å². The van der Waals surface area contributed by atoms with Crippen molar-refractivity contribution in [3.63, 3.8) is 0 Å². The van der Waals surface area contributed by atoms with Gasteiger partial charge in [0.2, 0.25) is 17.7 Å². The van der Waals surface area contributed by atoms with Crippen LogP contribution >= 0.6 is 0 Å². The van der Waals surface area contributed by atoms with Crippen LogP contribution in [-0.2, 0) is 9.59 Å². The first-order valence-electron chi connectivity index (χ1n) is 6.88. The molecular formula is C14H19N3O4. The molecule has 7 nitrogen and oxygen atoms in total. The van der Waals surface area contributed by atoms with E-state index < -0.39 is 0 Å². The first-order valence-corrected chi connectivity index (χ1v) is 6.88. The summed E-state index contributed by atoms with van der Waals surface area (Å²) in [4.78, 5) is 32.6. The maximum absolute atomic E-state index is 11.9. The lowest BCUT2D eigenvalue weighted by molar-refractivity contribution is -0.132. The van der Waals surface area contributed by atoms with E-state index in [0.717, 1.165) is 6.42 Å². The van der Waals surface area contributed by atoms with Crippen LogP contribution in [0.4, 0.5) is 0 Å². The summed E-state index contributed by atoms with van der Waals surface area (Å²) >= 11 is 0. The Morgan fingerprint density at radius 2 is 2.10 bits per heavy atom. The van der Waals surface area contributed by atoms with Crippen LogP contribution in [0.1, 0.15) is 26.2 Å². The molecule has 21 heavy (non-hydrogen) atoms. The van der Waals surface area contributed by atoms with Gasteiger partial charge in [0.05, 0.1) is 26.0 Å². The van der Waals surface area contributed by atoms with Gasteiger partial charge < -0.3 is 19.2 Å². The van der Waals surface area contributed by atoms with E-state index in [4.69, 9.17) is 9.47 Å². The van der Waals surface area contributed by atoms with Crippen LogP contribution in [0.5, 0.6) is 11.8 Å². The van der Waals surface area contributed by atoms with Gasteiger partial charge >= 0.3 is 0 Å². The van der Waals surface area contributed by atoms with Crippen molar-refractivity contribution in [3.8, 4) is 11.8 Å². The molecule has 0 N–H and O–H groups in total. The number of hydrogen-bond acceptors (Lipinski definition) is 6. The first kappa shape index (κ1) is 15.2. The largest absolute Gasteiger partial charge is 0.480 e. The molecule has 2 rings (SSSR count). The van der Waals surface area contributed by atoms with Gasteiger partial charge in [-0.3, -0.25) is 9.78 Å². The van der Waals surface area contributed by atoms with Crippen molar-refractivity contribution in [3.05, 3.63) is 12.4 Å². The fraction of sp³-hybridized carbons (Fsp3) is 0.571. The number of carbonyl (C=O) groups is 2. The predicted octanol–water partition coefficient (Wildman–Crippen LogP) is 0.834. The Balaban J connectivity index is 1.84. The highest BCUT2D eigenvalue weighted by molar-refractivity contribution is 5.83. The number of carbonyl (C=O) groups excluding carboxylic acids is 2. The van der Waals surface area contributed by atoms with Gasteiger partial charge in [0.1, 0.15) is 11.9 Å². The minimum atomic E-state index is -0.104. The van der Waals surface area contributed by atoms with E-state index in [-0.39, 0.29) is 24.2 Å². The Kier molecular flexibility index (Phi) is 5.08. The van der Waals surface area contributed by atoms with Crippen molar-refractivity contribution in [1.82, 2.24) is 14.9 Å². The van der Waals surface area contributed by atoms with Gasteiger partial charge in [-0.05, 0) is 6.92 Å². The summed E-state index contributed by atoms with van der Waals surface area (Å²) in [5, 5.41) is 0. The summed E-state index contributed by atoms with van der Waals surface area (Å²) in [6.07, 6.45) is 4.21. The van der Waals surface area contributed by atoms with E-state index in [9.17, 15) is 9.59 Å². The number of hydrogen-bond donors (Lipinski definition) is 0. The zero-order valence-corrected chi connectivity index (χ0v) is 12.2. The quantitative estimate of drug-likeness (QED) is 0.773. The van der Waals surface area contributed by atoms with Crippen LogP contribution in [0.2, 0.25) is 0 Å². The highest BCUT2D eigenvalue weighted by atomic mass is 16.5. The molecule has 0 spiro atoms. The summed E-state index contributed by atoms with van der Waals surface area (Å²) in [6, 6.07) is 0. The lowest BCUT2D eigenvalue weighted by Crippen LogP contribution is -2.31. The summed E-state index contributed by atoms with van der Waals surface area (Å²) in [5.74, 6) is 0.798. The topological polar surface area (TPSA) is 81.6 Å². The van der Waals surface area contributed by atoms with Crippen molar-refractivity contribution in [2.24, 2.45) is 0 Å². The highest BCUT2D eigenvalue weighted by Crippen LogP contribution is 2.18. The van der Waals surface area contributed by atoms with Crippen LogP contribution in [0.25, 0.3) is 0 Å². The molecule has 0 aliphatic carbocycles. The van der Waals surface area contributed by atoms with Crippen molar-refractivity contribution >= 4 is 11.7 Å². The second-order valence-electron chi connectivity index (χ2n) is 4.97. The Morgan fingerprint density at radius 3 is 2.81 bits per heavy atom. The molecule has 1 aromatic heterocycles. The molecule has 7 heteroatoms. The van der Waals surface area contributed by atoms with Crippen LogP contribution in [0.15, 0.2) is 12.4 Å². The Morgan fingerprint density at radius 1 is 1.33 bits per heavy atom. The van der Waals surface area contributed by atoms with E-state index >= 15 is 0 Å². The molecule has 0 aromatic carbocycles. The molecular weight excluding hydrogens is 274 g/mol. The number of likely N-dealkylation sites (tertiary alicyclic amines) is 1. The van der Waals surface area contributed by atoms with E-state index in [1.165, 1.54) is 26.4 Å². The van der Waals surface area contributed by atoms with Gasteiger partial charge in [0, 0.05) is 25.8 Å². The highest BCUT2D eigenvalue weighted by Gasteiger charge is 2.27. The number of Topliss-reactive ketones (excluding diaryl/α,β-unsaturated/α-hetero) is 1. The normalized spacial score (nSPS) is 17.6. The van der Waals surface area contributed by atoms with Crippen LogP contribution in [0.3, 0.4) is 0 Å². The molecule has 114 valence electrons. The number of nitrogens with zero attached hydrogens (tertiary/aromatic N) is 3. The van der Waals surface area contributed by atoms with E-state index in [0.29, 0.717) is 31.3 Å². The van der Waals surface area contributed by atoms with Crippen LogP contribution in [0, 0.1) is 0 Å². The second-order valence-corrected chi connectivity index (χ2v) is 4.97. The SMILES string of the molecule is COc1cncc(OC2CCN(C(=O)CCC(C)=O)C2)n1. The first-order chi connectivity index (χ1) is 10.1. The zero-order valence-electron chi connectivity index (χ0n) is 12.2. The number of ketones is 1. The van der Waals surface area contributed by atoms with Crippen LogP contribution < -0.4 is 9.47 Å². The average Bonchev–Trinajstić information content (AvgIpc) is 2.93. The molecule has 1 aliphatic rings. The molecule has 0 bridgehead atoms. The van der Waals surface area contributed by atoms with Crippen molar-refractivity contribution in [2.75, 3.05) is 20.2 Å². The molecule has 1 amide bonds. The maximum atomic E-state index is 11.9. The molecule has 1 unspecified atom stereocenters. The average molecular weight is 293 g/mol. The number of amides is 1. The molecule has 1 aromatic rings. The van der Waals surface area contributed by atoms with Crippen LogP contribution in [-0.4, -0.2) is 52.9 Å². The third-order valence-electron chi connectivity index (χ3n) is 3.28. The Labute approximate surface area is 123 Å². The fourth-order valence-corrected chi connectivity index (χ4v) is 2.15. The number of aromatic nitrogens is 2. The summed E-state index contributed by atoms with van der Waals surface area (Å²) in [7, 11) is 1.51. The molecule has 0 saturated carbocycles. The van der Waals surface area contributed by atoms with Gasteiger partial charge in [-0.1, -0.05) is 0 Å². The zero-order chi connectivity index (χ0) is 15.2. The van der Waals surface area contributed by atoms with Crippen molar-refractivity contribution in [1.29, 1.82) is 0 Å². The minimum Gasteiger partial charge on any atom is -0.480 e. The third-order valence-corrected chi connectivity index (χ3v) is 3.28. The van der Waals surface area contributed by atoms with Gasteiger partial charge in [0.15, 0.2) is 0 Å². The van der Waals surface area contributed by atoms with Gasteiger partial charge in [-0.15, -0.1) is 0 Å². The third kappa shape index (κ3) is 4.40. The fourth-order valence-electron chi connectivity index (χ4n) is 2.15. The molecule has 1 atom stereocenters. The van der Waals surface area contributed by atoms with Crippen molar-refractivity contribution in [2.45, 2.75) is 32.3 Å². The minimum absolute atomic E-state index is 0.00646.